The number of unbranched alkanes of at least 4 members (excludes halogenated alkanes) is 1. The van der Waals surface area contributed by atoms with Gasteiger partial charge in [-0.2, -0.15) is 0 Å². The molecule has 0 amide bonds. The highest BCUT2D eigenvalue weighted by Gasteiger charge is 2.27. The summed E-state index contributed by atoms with van der Waals surface area (Å²) in [6, 6.07) is -0.981. The zero-order chi connectivity index (χ0) is 20.2. The summed E-state index contributed by atoms with van der Waals surface area (Å²) < 4.78 is 0. The summed E-state index contributed by atoms with van der Waals surface area (Å²) in [4.78, 5) is 20.8. The lowest BCUT2D eigenvalue weighted by atomic mass is 10.0. The lowest BCUT2D eigenvalue weighted by Gasteiger charge is -2.12. The molecule has 0 saturated carbocycles. The third-order valence-corrected chi connectivity index (χ3v) is 3.77. The molecule has 0 aromatic heterocycles. The molecule has 0 saturated heterocycles. The van der Waals surface area contributed by atoms with Gasteiger partial charge in [-0.25, -0.2) is 0 Å². The fraction of sp³-hybridized carbons (Fsp3) is 0.500. The lowest BCUT2D eigenvalue weighted by Crippen LogP contribution is -2.32. The second-order valence-corrected chi connectivity index (χ2v) is 6.05. The topological polar surface area (TPSA) is 80.4 Å². The van der Waals surface area contributed by atoms with Crippen molar-refractivity contribution in [2.75, 3.05) is 0 Å². The average Bonchev–Trinajstić information content (AvgIpc) is 2.65. The molecule has 5 nitrogen and oxygen atoms in total. The number of aliphatic hydroxyl groups is 1. The van der Waals surface area contributed by atoms with E-state index in [0.717, 1.165) is 32.1 Å². The molecular formula is C22H32NO4. The first kappa shape index (κ1) is 24.7. The third-order valence-electron chi connectivity index (χ3n) is 3.77. The number of hydrogen-bond donors (Lipinski definition) is 1. The minimum atomic E-state index is -0.992. The first-order valence-electron chi connectivity index (χ1n) is 9.55. The highest BCUT2D eigenvalue weighted by atomic mass is 16.6. The summed E-state index contributed by atoms with van der Waals surface area (Å²) in [5.41, 5.74) is 0. The predicted octanol–water partition coefficient (Wildman–Crippen LogP) is 5.02. The maximum absolute atomic E-state index is 11.1. The molecule has 27 heavy (non-hydrogen) atoms. The summed E-state index contributed by atoms with van der Waals surface area (Å²) in [7, 11) is 0. The van der Waals surface area contributed by atoms with Crippen LogP contribution in [0.5, 0.6) is 0 Å². The number of aliphatic hydroxyl groups excluding tert-OH is 1. The van der Waals surface area contributed by atoms with Crippen molar-refractivity contribution in [2.45, 2.75) is 70.4 Å². The molecule has 0 bridgehead atoms. The van der Waals surface area contributed by atoms with Crippen LogP contribution in [0, 0.1) is 10.1 Å². The van der Waals surface area contributed by atoms with Crippen LogP contribution in [-0.2, 0) is 4.79 Å². The van der Waals surface area contributed by atoms with E-state index in [1.54, 1.807) is 12.2 Å². The van der Waals surface area contributed by atoms with Crippen LogP contribution in [0.3, 0.4) is 0 Å². The Labute approximate surface area is 163 Å². The Hall–Kier alpha value is -2.27. The molecule has 1 N–H and O–H groups in total. The summed E-state index contributed by atoms with van der Waals surface area (Å²) in [5, 5.41) is 21.2. The van der Waals surface area contributed by atoms with E-state index in [0.29, 0.717) is 6.42 Å². The van der Waals surface area contributed by atoms with Crippen LogP contribution < -0.4 is 0 Å². The fourth-order valence-corrected chi connectivity index (χ4v) is 2.25. The van der Waals surface area contributed by atoms with E-state index in [-0.39, 0.29) is 12.8 Å². The first-order valence-corrected chi connectivity index (χ1v) is 9.55. The quantitative estimate of drug-likeness (QED) is 0.178. The summed E-state index contributed by atoms with van der Waals surface area (Å²) >= 11 is 0. The van der Waals surface area contributed by atoms with Crippen molar-refractivity contribution >= 4 is 6.29 Å². The molecule has 1 radical (unpaired) electrons. The maximum Gasteiger partial charge on any atom is 0.242 e. The van der Waals surface area contributed by atoms with Crippen molar-refractivity contribution < 1.29 is 14.8 Å². The van der Waals surface area contributed by atoms with E-state index in [1.807, 2.05) is 54.9 Å². The van der Waals surface area contributed by atoms with Crippen LogP contribution in [0.15, 0.2) is 60.8 Å². The van der Waals surface area contributed by atoms with Crippen LogP contribution in [0.25, 0.3) is 0 Å². The number of rotatable bonds is 16. The monoisotopic (exact) mass is 374 g/mol. The van der Waals surface area contributed by atoms with E-state index in [1.165, 1.54) is 0 Å². The van der Waals surface area contributed by atoms with Gasteiger partial charge in [0.05, 0.1) is 0 Å². The van der Waals surface area contributed by atoms with Gasteiger partial charge in [0.15, 0.2) is 6.29 Å². The van der Waals surface area contributed by atoms with E-state index >= 15 is 0 Å². The molecule has 0 aromatic carbocycles. The van der Waals surface area contributed by atoms with E-state index in [4.69, 9.17) is 0 Å². The number of nitro groups is 1. The van der Waals surface area contributed by atoms with E-state index in [9.17, 15) is 20.0 Å². The van der Waals surface area contributed by atoms with Crippen molar-refractivity contribution in [3.63, 3.8) is 0 Å². The number of allylic oxidation sites excluding steroid dienone is 8. The van der Waals surface area contributed by atoms with E-state index in [2.05, 4.69) is 6.92 Å². The Balaban J connectivity index is 4.11. The molecule has 0 aromatic rings. The number of carbonyl (C=O) groups excluding carboxylic acids is 1. The van der Waals surface area contributed by atoms with Gasteiger partial charge < -0.3 is 5.11 Å². The Morgan fingerprint density at radius 1 is 0.889 bits per heavy atom. The van der Waals surface area contributed by atoms with Crippen molar-refractivity contribution in [2.24, 2.45) is 0 Å². The Morgan fingerprint density at radius 3 is 1.96 bits per heavy atom. The fourth-order valence-electron chi connectivity index (χ4n) is 2.25. The molecule has 0 rings (SSSR count). The van der Waals surface area contributed by atoms with Crippen molar-refractivity contribution in [3.05, 3.63) is 70.9 Å². The van der Waals surface area contributed by atoms with Crippen LogP contribution in [0.2, 0.25) is 0 Å². The molecule has 2 unspecified atom stereocenters. The predicted molar refractivity (Wildman–Crippen MR) is 111 cm³/mol. The lowest BCUT2D eigenvalue weighted by molar-refractivity contribution is -0.533. The highest BCUT2D eigenvalue weighted by Crippen LogP contribution is 2.10. The smallest absolute Gasteiger partial charge is 0.242 e. The van der Waals surface area contributed by atoms with E-state index < -0.39 is 17.1 Å². The molecule has 0 aliphatic rings. The van der Waals surface area contributed by atoms with Gasteiger partial charge in [0.2, 0.25) is 6.04 Å². The van der Waals surface area contributed by atoms with Gasteiger partial charge in [-0.3, -0.25) is 14.9 Å². The molecular weight excluding hydrogens is 342 g/mol. The molecule has 0 fully saturated rings. The molecule has 0 spiro atoms. The Kier molecular flexibility index (Phi) is 17.0. The molecule has 2 atom stereocenters. The van der Waals surface area contributed by atoms with Crippen molar-refractivity contribution in [1.82, 2.24) is 0 Å². The van der Waals surface area contributed by atoms with Gasteiger partial charge in [-0.05, 0) is 38.5 Å². The molecule has 0 heterocycles. The summed E-state index contributed by atoms with van der Waals surface area (Å²) in [6.07, 6.45) is 25.1. The molecule has 149 valence electrons. The maximum atomic E-state index is 11.1. The molecule has 0 aliphatic heterocycles. The Bertz CT molecular complexity index is 532. The number of hydrogen-bond acceptors (Lipinski definition) is 4. The zero-order valence-electron chi connectivity index (χ0n) is 16.2. The van der Waals surface area contributed by atoms with Crippen LogP contribution in [-0.4, -0.2) is 28.5 Å². The normalized spacial score (nSPS) is 14.9. The summed E-state index contributed by atoms with van der Waals surface area (Å²) in [6.45, 7) is 2.05. The van der Waals surface area contributed by atoms with Crippen molar-refractivity contribution in [3.8, 4) is 0 Å². The third kappa shape index (κ3) is 15.7. The highest BCUT2D eigenvalue weighted by molar-refractivity contribution is 5.50. The van der Waals surface area contributed by atoms with Gasteiger partial charge >= 0.3 is 0 Å². The number of nitrogens with zero attached hydrogens (tertiary/aromatic N) is 1. The van der Waals surface area contributed by atoms with Crippen molar-refractivity contribution in [1.29, 1.82) is 0 Å². The van der Waals surface area contributed by atoms with Gasteiger partial charge in [0.1, 0.15) is 6.10 Å². The van der Waals surface area contributed by atoms with Gasteiger partial charge in [0.25, 0.3) is 0 Å². The molecule has 5 heteroatoms. The second kappa shape index (κ2) is 18.5. The van der Waals surface area contributed by atoms with Crippen LogP contribution in [0.1, 0.15) is 58.3 Å². The average molecular weight is 375 g/mol. The standard InChI is InChI=1S/C22H32NO4/c1-2-3-4-5-12-15-18-21(23(26)27)22(25)19-16-13-10-8-6-7-9-11-14-17-20-24/h3-4,6,8-9,11-13,15-16,21-22,25H,2,5,7,10,14,17-19H2,1H3/b4-3-,8-6-,11-9-,15-12-,16-13-. The minimum Gasteiger partial charge on any atom is -0.386 e. The largest absolute Gasteiger partial charge is 0.386 e. The second-order valence-electron chi connectivity index (χ2n) is 6.05. The SMILES string of the molecule is CC/C=C\C/C=C\CC(C(O)C/C=C\C/C=C\C/C=C\CC[C]=O)[N+](=O)[O-]. The van der Waals surface area contributed by atoms with Gasteiger partial charge in [-0.15, -0.1) is 0 Å². The van der Waals surface area contributed by atoms with Gasteiger partial charge in [-0.1, -0.05) is 67.7 Å². The zero-order valence-corrected chi connectivity index (χ0v) is 16.2. The Morgan fingerprint density at radius 2 is 1.41 bits per heavy atom. The minimum absolute atomic E-state index is 0.232. The van der Waals surface area contributed by atoms with Crippen LogP contribution in [0.4, 0.5) is 0 Å². The summed E-state index contributed by atoms with van der Waals surface area (Å²) in [5.74, 6) is 0. The van der Waals surface area contributed by atoms with Crippen LogP contribution >= 0.6 is 0 Å². The first-order chi connectivity index (χ1) is 13.1. The molecule has 0 aliphatic carbocycles. The van der Waals surface area contributed by atoms with Gasteiger partial charge in [0, 0.05) is 17.8 Å².